The molecule has 0 amide bonds. The lowest BCUT2D eigenvalue weighted by Gasteiger charge is -2.02. The lowest BCUT2D eigenvalue weighted by Crippen LogP contribution is -2.11. The first-order valence-corrected chi connectivity index (χ1v) is 6.36. The molecule has 1 aliphatic heterocycles. The van der Waals surface area contributed by atoms with Crippen LogP contribution in [-0.2, 0) is 0 Å². The van der Waals surface area contributed by atoms with Crippen molar-refractivity contribution in [1.82, 2.24) is 14.6 Å². The van der Waals surface area contributed by atoms with Crippen LogP contribution in [0.3, 0.4) is 0 Å². The zero-order chi connectivity index (χ0) is 13.5. The Labute approximate surface area is 115 Å². The summed E-state index contributed by atoms with van der Waals surface area (Å²) in [5, 5.41) is 0.868. The van der Waals surface area contributed by atoms with E-state index in [1.165, 1.54) is 0 Å². The lowest BCUT2D eigenvalue weighted by molar-refractivity contribution is 1.19. The average Bonchev–Trinajstić information content (AvgIpc) is 2.91. The van der Waals surface area contributed by atoms with E-state index in [0.29, 0.717) is 11.6 Å². The van der Waals surface area contributed by atoms with Crippen molar-refractivity contribution >= 4 is 28.6 Å². The monoisotopic (exact) mass is 259 g/mol. The molecule has 4 heteroatoms. The van der Waals surface area contributed by atoms with Gasteiger partial charge in [-0.2, -0.15) is 0 Å². The maximum Gasteiger partial charge on any atom is 0.379 e. The Bertz CT molecular complexity index is 905. The van der Waals surface area contributed by atoms with Crippen molar-refractivity contribution in [3.8, 4) is 0 Å². The molecule has 0 aliphatic carbocycles. The van der Waals surface area contributed by atoms with Crippen LogP contribution >= 0.6 is 0 Å². The highest BCUT2D eigenvalue weighted by Gasteiger charge is 2.28. The molecule has 0 spiro atoms. The molecular weight excluding hydrogens is 248 g/mol. The van der Waals surface area contributed by atoms with Crippen LogP contribution in [0.1, 0.15) is 17.0 Å². The van der Waals surface area contributed by atoms with E-state index in [4.69, 9.17) is 5.73 Å². The van der Waals surface area contributed by atoms with Crippen LogP contribution in [0.5, 0.6) is 0 Å². The van der Waals surface area contributed by atoms with Crippen molar-refractivity contribution in [2.75, 3.05) is 5.73 Å². The topological polar surface area (TPSA) is 65.9 Å². The number of anilines is 1. The highest BCUT2D eigenvalue weighted by atomic mass is 15.0. The molecule has 94 valence electrons. The van der Waals surface area contributed by atoms with Crippen LogP contribution in [0.2, 0.25) is 0 Å². The van der Waals surface area contributed by atoms with Gasteiger partial charge < -0.3 is 5.73 Å². The summed E-state index contributed by atoms with van der Waals surface area (Å²) >= 11 is 0. The third-order valence-electron chi connectivity index (χ3n) is 3.39. The molecule has 0 saturated carbocycles. The Morgan fingerprint density at radius 1 is 0.900 bits per heavy atom. The third-order valence-corrected chi connectivity index (χ3v) is 3.39. The fourth-order valence-corrected chi connectivity index (χ4v) is 2.41. The van der Waals surface area contributed by atoms with Gasteiger partial charge in [-0.05, 0) is 24.3 Å². The average molecular weight is 259 g/mol. The quantitative estimate of drug-likeness (QED) is 0.527. The second kappa shape index (κ2) is 4.02. The van der Waals surface area contributed by atoms with Gasteiger partial charge in [0.2, 0.25) is 5.82 Å². The Hall–Kier alpha value is -2.97. The minimum atomic E-state index is 0.484. The molecule has 0 bridgehead atoms. The molecule has 2 N–H and O–H groups in total. The van der Waals surface area contributed by atoms with E-state index in [2.05, 4.69) is 14.6 Å². The van der Waals surface area contributed by atoms with Gasteiger partial charge in [0.1, 0.15) is 5.82 Å². The van der Waals surface area contributed by atoms with E-state index in [9.17, 15) is 0 Å². The molecule has 4 nitrogen and oxygen atoms in total. The molecule has 1 aromatic heterocycles. The maximum atomic E-state index is 6.03. The number of aromatic nitrogens is 2. The smallest absolute Gasteiger partial charge is 0.379 e. The van der Waals surface area contributed by atoms with Gasteiger partial charge in [-0.1, -0.05) is 28.9 Å². The van der Waals surface area contributed by atoms with Gasteiger partial charge in [-0.25, -0.2) is 9.97 Å². The van der Waals surface area contributed by atoms with Crippen LogP contribution in [-0.4, -0.2) is 21.9 Å². The first-order chi connectivity index (χ1) is 9.83. The normalized spacial score (nSPS) is 12.5. The van der Waals surface area contributed by atoms with Crippen molar-refractivity contribution in [1.29, 1.82) is 0 Å². The molecule has 1 aliphatic rings. The van der Waals surface area contributed by atoms with E-state index in [0.717, 1.165) is 27.7 Å². The van der Waals surface area contributed by atoms with Crippen molar-refractivity contribution in [3.63, 3.8) is 0 Å². The van der Waals surface area contributed by atoms with Crippen molar-refractivity contribution in [2.45, 2.75) is 0 Å². The summed E-state index contributed by atoms with van der Waals surface area (Å²) in [6.45, 7) is 0. The highest BCUT2D eigenvalue weighted by molar-refractivity contribution is 6.19. The summed E-state index contributed by atoms with van der Waals surface area (Å²) < 4.78 is 4.43. The third kappa shape index (κ3) is 1.53. The summed E-state index contributed by atoms with van der Waals surface area (Å²) in [5.74, 6) is 1.06. The molecule has 0 saturated heterocycles. The van der Waals surface area contributed by atoms with Gasteiger partial charge in [0.25, 0.3) is 0 Å². The number of para-hydroxylation sites is 1. The van der Waals surface area contributed by atoms with Crippen LogP contribution in [0, 0.1) is 0 Å². The van der Waals surface area contributed by atoms with E-state index in [-0.39, 0.29) is 0 Å². The van der Waals surface area contributed by atoms with Crippen LogP contribution in [0.4, 0.5) is 5.82 Å². The number of nitrogens with zero attached hydrogens (tertiary/aromatic N) is 3. The predicted octanol–water partition coefficient (Wildman–Crippen LogP) is 1.55. The van der Waals surface area contributed by atoms with Crippen LogP contribution < -0.4 is 10.4 Å². The standard InChI is InChI=1S/C16H11N4/c17-15-12-7-3-4-8-13(12)19-16(20-15)14-11-6-2-1-5-10(11)9-18-14/h1-9H,(H2,17,19,20)/q+1. The summed E-state index contributed by atoms with van der Waals surface area (Å²) in [7, 11) is 0. The summed E-state index contributed by atoms with van der Waals surface area (Å²) in [6.07, 6.45) is 1.83. The number of hydrogen-bond donors (Lipinski definition) is 1. The van der Waals surface area contributed by atoms with Gasteiger partial charge in [0.15, 0.2) is 0 Å². The van der Waals surface area contributed by atoms with Crippen LogP contribution in [0.25, 0.3) is 10.9 Å². The largest absolute Gasteiger partial charge is 0.383 e. The van der Waals surface area contributed by atoms with E-state index >= 15 is 0 Å². The molecule has 2 aromatic carbocycles. The maximum absolute atomic E-state index is 6.03. The number of fused-ring (bicyclic) bond motifs is 2. The second-order valence-electron chi connectivity index (χ2n) is 4.64. The van der Waals surface area contributed by atoms with Crippen molar-refractivity contribution in [3.05, 3.63) is 65.5 Å². The fourth-order valence-electron chi connectivity index (χ4n) is 2.41. The number of nitrogen functional groups attached to an aromatic ring is 1. The number of hydrogen-bond acceptors (Lipinski definition) is 3. The second-order valence-corrected chi connectivity index (χ2v) is 4.64. The minimum Gasteiger partial charge on any atom is -0.383 e. The Balaban J connectivity index is 1.95. The van der Waals surface area contributed by atoms with Gasteiger partial charge >= 0.3 is 11.9 Å². The highest BCUT2D eigenvalue weighted by Crippen LogP contribution is 2.19. The predicted molar refractivity (Wildman–Crippen MR) is 80.9 cm³/mol. The van der Waals surface area contributed by atoms with Crippen LogP contribution in [0.15, 0.2) is 48.5 Å². The van der Waals surface area contributed by atoms with Gasteiger partial charge in [0.05, 0.1) is 16.6 Å². The van der Waals surface area contributed by atoms with Crippen molar-refractivity contribution in [2.24, 2.45) is 0 Å². The summed E-state index contributed by atoms with van der Waals surface area (Å²) in [5.41, 5.74) is 9.76. The SMILES string of the molecule is Nc1nc(C2=[N+]=Cc3ccccc32)nc2ccccc12. The molecule has 0 atom stereocenters. The van der Waals surface area contributed by atoms with Crippen molar-refractivity contribution < 1.29 is 0 Å². The van der Waals surface area contributed by atoms with E-state index in [1.54, 1.807) is 0 Å². The number of rotatable bonds is 1. The fraction of sp³-hybridized carbons (Fsp3) is 0. The molecule has 0 unspecified atom stereocenters. The Morgan fingerprint density at radius 3 is 2.65 bits per heavy atom. The zero-order valence-corrected chi connectivity index (χ0v) is 10.6. The number of benzene rings is 2. The minimum absolute atomic E-state index is 0.484. The molecule has 20 heavy (non-hydrogen) atoms. The first kappa shape index (κ1) is 10.9. The molecule has 2 heterocycles. The van der Waals surface area contributed by atoms with Gasteiger partial charge in [0, 0.05) is 5.39 Å². The molecule has 0 fully saturated rings. The van der Waals surface area contributed by atoms with E-state index in [1.807, 2.05) is 54.7 Å². The Morgan fingerprint density at radius 2 is 1.70 bits per heavy atom. The summed E-state index contributed by atoms with van der Waals surface area (Å²) in [6, 6.07) is 15.7. The number of nitrogens with two attached hydrogens (primary N) is 1. The molecular formula is C16H11N4+. The van der Waals surface area contributed by atoms with Gasteiger partial charge in [-0.3, -0.25) is 0 Å². The molecule has 3 aromatic rings. The summed E-state index contributed by atoms with van der Waals surface area (Å²) in [4.78, 5) is 8.97. The zero-order valence-electron chi connectivity index (χ0n) is 10.6. The lowest BCUT2D eigenvalue weighted by atomic mass is 10.1. The first-order valence-electron chi connectivity index (χ1n) is 6.36. The Kier molecular flexibility index (Phi) is 2.19. The molecule has 4 rings (SSSR count). The van der Waals surface area contributed by atoms with Gasteiger partial charge in [-0.15, -0.1) is 0 Å². The van der Waals surface area contributed by atoms with E-state index < -0.39 is 0 Å². The molecule has 0 radical (unpaired) electrons.